The molecule has 6 nitrogen and oxygen atoms in total. The van der Waals surface area contributed by atoms with Crippen LogP contribution in [0.3, 0.4) is 0 Å². The number of carbonyl (C=O) groups is 2. The van der Waals surface area contributed by atoms with Crippen LogP contribution in [0.25, 0.3) is 22.1 Å². The van der Waals surface area contributed by atoms with Crippen molar-refractivity contribution in [2.75, 3.05) is 5.32 Å². The number of aryl methyl sites for hydroxylation is 1. The van der Waals surface area contributed by atoms with Crippen molar-refractivity contribution in [3.8, 4) is 11.1 Å². The minimum atomic E-state index is -1.02. The van der Waals surface area contributed by atoms with Gasteiger partial charge in [-0.25, -0.2) is 9.59 Å². The zero-order valence-electron chi connectivity index (χ0n) is 16.0. The first-order valence-electron chi connectivity index (χ1n) is 9.21. The summed E-state index contributed by atoms with van der Waals surface area (Å²) in [6, 6.07) is 20.2. The zero-order valence-corrected chi connectivity index (χ0v) is 16.0. The minimum Gasteiger partial charge on any atom is -0.478 e. The molecule has 0 saturated carbocycles. The maximum absolute atomic E-state index is 12.6. The van der Waals surface area contributed by atoms with Crippen molar-refractivity contribution in [3.63, 3.8) is 0 Å². The summed E-state index contributed by atoms with van der Waals surface area (Å²) in [6.45, 7) is 1.73. The van der Waals surface area contributed by atoms with Crippen molar-refractivity contribution >= 4 is 28.5 Å². The number of carbonyl (C=O) groups excluding carboxylic acids is 1. The molecule has 0 spiro atoms. The predicted octanol–water partition coefficient (Wildman–Crippen LogP) is 4.72. The Morgan fingerprint density at radius 2 is 1.60 bits per heavy atom. The lowest BCUT2D eigenvalue weighted by molar-refractivity contribution is 0.0696. The monoisotopic (exact) mass is 399 g/mol. The number of carboxylic acids is 1. The number of anilines is 1. The molecule has 1 aromatic heterocycles. The summed E-state index contributed by atoms with van der Waals surface area (Å²) in [5.41, 5.74) is 2.88. The molecule has 4 aromatic rings. The summed E-state index contributed by atoms with van der Waals surface area (Å²) in [6.07, 6.45) is 0. The van der Waals surface area contributed by atoms with E-state index < -0.39 is 11.6 Å². The third kappa shape index (κ3) is 3.71. The van der Waals surface area contributed by atoms with Crippen LogP contribution in [0.1, 0.15) is 26.3 Å². The van der Waals surface area contributed by atoms with Crippen LogP contribution < -0.4 is 10.9 Å². The summed E-state index contributed by atoms with van der Waals surface area (Å²) in [7, 11) is 0. The van der Waals surface area contributed by atoms with E-state index in [1.807, 2.05) is 12.1 Å². The molecule has 0 atom stereocenters. The number of aromatic carboxylic acids is 1. The topological polar surface area (TPSA) is 96.6 Å². The second kappa shape index (κ2) is 7.67. The van der Waals surface area contributed by atoms with E-state index in [0.29, 0.717) is 33.5 Å². The summed E-state index contributed by atoms with van der Waals surface area (Å²) in [4.78, 5) is 35.9. The van der Waals surface area contributed by atoms with Gasteiger partial charge in [0.2, 0.25) is 0 Å². The highest BCUT2D eigenvalue weighted by Crippen LogP contribution is 2.22. The van der Waals surface area contributed by atoms with Crippen molar-refractivity contribution in [3.05, 3.63) is 99.9 Å². The Morgan fingerprint density at radius 1 is 0.900 bits per heavy atom. The van der Waals surface area contributed by atoms with Crippen LogP contribution in [0.5, 0.6) is 0 Å². The number of nitrogens with one attached hydrogen (secondary N) is 1. The Labute approximate surface area is 171 Å². The lowest BCUT2D eigenvalue weighted by Gasteiger charge is -2.10. The number of para-hydroxylation sites is 1. The quantitative estimate of drug-likeness (QED) is 0.484. The van der Waals surface area contributed by atoms with Crippen LogP contribution >= 0.6 is 0 Å². The Morgan fingerprint density at radius 3 is 2.30 bits per heavy atom. The molecule has 0 unspecified atom stereocenters. The van der Waals surface area contributed by atoms with Gasteiger partial charge < -0.3 is 14.8 Å². The molecule has 0 bridgehead atoms. The third-order valence-corrected chi connectivity index (χ3v) is 4.82. The predicted molar refractivity (Wildman–Crippen MR) is 114 cm³/mol. The maximum atomic E-state index is 12.6. The van der Waals surface area contributed by atoms with E-state index in [-0.39, 0.29) is 11.5 Å². The molecular weight excluding hydrogens is 382 g/mol. The number of fused-ring (bicyclic) bond motifs is 1. The first-order valence-corrected chi connectivity index (χ1v) is 9.21. The van der Waals surface area contributed by atoms with E-state index in [4.69, 9.17) is 9.52 Å². The number of benzene rings is 3. The molecule has 1 amide bonds. The minimum absolute atomic E-state index is 0.157. The number of rotatable bonds is 4. The summed E-state index contributed by atoms with van der Waals surface area (Å²) in [5, 5.41) is 12.6. The van der Waals surface area contributed by atoms with E-state index >= 15 is 0 Å². The van der Waals surface area contributed by atoms with Gasteiger partial charge in [0, 0.05) is 16.6 Å². The average Bonchev–Trinajstić information content (AvgIpc) is 2.74. The number of hydrogen-bond donors (Lipinski definition) is 2. The average molecular weight is 399 g/mol. The lowest BCUT2D eigenvalue weighted by atomic mass is 10.0. The van der Waals surface area contributed by atoms with Crippen LogP contribution in [0.2, 0.25) is 0 Å². The fraction of sp³-hybridized carbons (Fsp3) is 0.0417. The van der Waals surface area contributed by atoms with Crippen molar-refractivity contribution in [2.24, 2.45) is 0 Å². The van der Waals surface area contributed by atoms with Crippen LogP contribution in [0, 0.1) is 6.92 Å². The number of carboxylic acid groups (broad SMARTS) is 1. The number of hydrogen-bond acceptors (Lipinski definition) is 4. The molecule has 0 radical (unpaired) electrons. The largest absolute Gasteiger partial charge is 0.478 e. The van der Waals surface area contributed by atoms with Crippen molar-refractivity contribution < 1.29 is 19.1 Å². The lowest BCUT2D eigenvalue weighted by Crippen LogP contribution is -2.13. The summed E-state index contributed by atoms with van der Waals surface area (Å²) < 4.78 is 5.37. The number of amides is 1. The highest BCUT2D eigenvalue weighted by molar-refractivity contribution is 6.05. The normalized spacial score (nSPS) is 10.7. The molecule has 30 heavy (non-hydrogen) atoms. The van der Waals surface area contributed by atoms with Crippen LogP contribution in [0.15, 0.2) is 82.0 Å². The van der Waals surface area contributed by atoms with Crippen molar-refractivity contribution in [1.29, 1.82) is 0 Å². The van der Waals surface area contributed by atoms with Gasteiger partial charge in [0.15, 0.2) is 0 Å². The van der Waals surface area contributed by atoms with Crippen LogP contribution in [-0.4, -0.2) is 17.0 Å². The van der Waals surface area contributed by atoms with Gasteiger partial charge in [-0.15, -0.1) is 0 Å². The second-order valence-corrected chi connectivity index (χ2v) is 6.85. The van der Waals surface area contributed by atoms with Gasteiger partial charge in [-0.2, -0.15) is 0 Å². The zero-order chi connectivity index (χ0) is 21.3. The van der Waals surface area contributed by atoms with Crippen molar-refractivity contribution in [1.82, 2.24) is 0 Å². The first kappa shape index (κ1) is 19.1. The van der Waals surface area contributed by atoms with Gasteiger partial charge in [-0.3, -0.25) is 4.79 Å². The molecule has 3 aromatic carbocycles. The molecule has 0 fully saturated rings. The highest BCUT2D eigenvalue weighted by Gasteiger charge is 2.12. The van der Waals surface area contributed by atoms with Gasteiger partial charge >= 0.3 is 11.6 Å². The van der Waals surface area contributed by atoms with Crippen LogP contribution in [0.4, 0.5) is 5.69 Å². The Bertz CT molecular complexity index is 1340. The summed E-state index contributed by atoms with van der Waals surface area (Å²) in [5.74, 6) is -1.36. The Balaban J connectivity index is 1.58. The molecule has 0 aliphatic heterocycles. The van der Waals surface area contributed by atoms with E-state index in [1.165, 1.54) is 12.1 Å². The third-order valence-electron chi connectivity index (χ3n) is 4.82. The van der Waals surface area contributed by atoms with Gasteiger partial charge in [-0.05, 0) is 60.5 Å². The molecule has 148 valence electrons. The van der Waals surface area contributed by atoms with E-state index in [1.54, 1.807) is 55.5 Å². The molecular formula is C24H17NO5. The van der Waals surface area contributed by atoms with Crippen LogP contribution in [-0.2, 0) is 0 Å². The van der Waals surface area contributed by atoms with E-state index in [2.05, 4.69) is 5.32 Å². The maximum Gasteiger partial charge on any atom is 0.344 e. The SMILES string of the molecule is Cc1cc(C(=O)O)ccc1NC(=O)c1ccc(-c2cc3ccccc3oc2=O)cc1. The standard InChI is InChI=1S/C24H17NO5/c1-14-12-18(23(27)28)10-11-20(14)25-22(26)16-8-6-15(7-9-16)19-13-17-4-2-3-5-21(17)30-24(19)29/h2-13H,1H3,(H,25,26)(H,27,28). The molecule has 1 heterocycles. The Kier molecular flexibility index (Phi) is 4.90. The van der Waals surface area contributed by atoms with Gasteiger partial charge in [0.1, 0.15) is 5.58 Å². The Hall–Kier alpha value is -4.19. The molecule has 0 aliphatic carbocycles. The van der Waals surface area contributed by atoms with E-state index in [9.17, 15) is 14.4 Å². The van der Waals surface area contributed by atoms with Gasteiger partial charge in [-0.1, -0.05) is 30.3 Å². The van der Waals surface area contributed by atoms with Crippen molar-refractivity contribution in [2.45, 2.75) is 6.92 Å². The fourth-order valence-corrected chi connectivity index (χ4v) is 3.20. The molecule has 2 N–H and O–H groups in total. The summed E-state index contributed by atoms with van der Waals surface area (Å²) >= 11 is 0. The molecule has 4 rings (SSSR count). The first-order chi connectivity index (χ1) is 14.4. The van der Waals surface area contributed by atoms with Gasteiger partial charge in [0.05, 0.1) is 11.1 Å². The molecule has 6 heteroatoms. The molecule has 0 aliphatic rings. The van der Waals surface area contributed by atoms with Gasteiger partial charge in [0.25, 0.3) is 5.91 Å². The fourth-order valence-electron chi connectivity index (χ4n) is 3.20. The smallest absolute Gasteiger partial charge is 0.344 e. The second-order valence-electron chi connectivity index (χ2n) is 6.85. The highest BCUT2D eigenvalue weighted by atomic mass is 16.4. The molecule has 0 saturated heterocycles. The van der Waals surface area contributed by atoms with E-state index in [0.717, 1.165) is 5.39 Å².